The van der Waals surface area contributed by atoms with E-state index in [0.29, 0.717) is 17.0 Å². The van der Waals surface area contributed by atoms with Crippen molar-refractivity contribution < 1.29 is 9.59 Å². The minimum absolute atomic E-state index is 0.164. The highest BCUT2D eigenvalue weighted by molar-refractivity contribution is 8.14. The highest BCUT2D eigenvalue weighted by atomic mass is 32.2. The van der Waals surface area contributed by atoms with Crippen LogP contribution in [-0.4, -0.2) is 22.9 Å². The molecule has 0 spiro atoms. The van der Waals surface area contributed by atoms with Crippen molar-refractivity contribution >= 4 is 28.6 Å². The van der Waals surface area contributed by atoms with Gasteiger partial charge >= 0.3 is 0 Å². The molecule has 17 heavy (non-hydrogen) atoms. The summed E-state index contributed by atoms with van der Waals surface area (Å²) in [7, 11) is 0. The van der Waals surface area contributed by atoms with Gasteiger partial charge in [0.15, 0.2) is 0 Å². The first-order valence-electron chi connectivity index (χ1n) is 5.00. The number of benzene rings is 1. The van der Waals surface area contributed by atoms with E-state index in [1.165, 1.54) is 0 Å². The second-order valence-corrected chi connectivity index (χ2v) is 4.50. The molecule has 2 N–H and O–H groups in total. The monoisotopic (exact) mass is 246 g/mol. The Morgan fingerprint density at radius 3 is 3.06 bits per heavy atom. The predicted octanol–water partition coefficient (Wildman–Crippen LogP) is 1.43. The molecule has 5 heteroatoms. The van der Waals surface area contributed by atoms with Gasteiger partial charge in [0.2, 0.25) is 5.91 Å². The summed E-state index contributed by atoms with van der Waals surface area (Å²) < 4.78 is 0. The van der Waals surface area contributed by atoms with Gasteiger partial charge < -0.3 is 10.6 Å². The van der Waals surface area contributed by atoms with Crippen LogP contribution in [0.25, 0.3) is 0 Å². The van der Waals surface area contributed by atoms with Crippen molar-refractivity contribution in [1.82, 2.24) is 5.32 Å². The van der Waals surface area contributed by atoms with Crippen LogP contribution in [0.4, 0.5) is 10.5 Å². The fourth-order valence-corrected chi connectivity index (χ4v) is 2.22. The van der Waals surface area contributed by atoms with Gasteiger partial charge in [0.1, 0.15) is 6.04 Å². The maximum absolute atomic E-state index is 11.8. The highest BCUT2D eigenvalue weighted by Crippen LogP contribution is 2.15. The SMILES string of the molecule is C#Cc1cccc(NC(=O)C2CSC(=O)N2)c1. The Bertz CT molecular complexity index is 507. The van der Waals surface area contributed by atoms with Gasteiger partial charge in [-0.15, -0.1) is 6.42 Å². The van der Waals surface area contributed by atoms with Crippen molar-refractivity contribution in [3.8, 4) is 12.3 Å². The third-order valence-corrected chi connectivity index (χ3v) is 3.17. The number of hydrogen-bond acceptors (Lipinski definition) is 3. The molecule has 2 amide bonds. The van der Waals surface area contributed by atoms with Crippen molar-refractivity contribution in [2.45, 2.75) is 6.04 Å². The Hall–Kier alpha value is -1.93. The number of carbonyl (C=O) groups is 2. The van der Waals surface area contributed by atoms with Crippen molar-refractivity contribution in [3.63, 3.8) is 0 Å². The zero-order chi connectivity index (χ0) is 12.3. The molecule has 4 nitrogen and oxygen atoms in total. The van der Waals surface area contributed by atoms with Crippen LogP contribution in [0.5, 0.6) is 0 Å². The van der Waals surface area contributed by atoms with Crippen LogP contribution in [0.15, 0.2) is 24.3 Å². The van der Waals surface area contributed by atoms with Gasteiger partial charge in [-0.1, -0.05) is 23.7 Å². The molecule has 1 heterocycles. The molecule has 1 aromatic carbocycles. The zero-order valence-electron chi connectivity index (χ0n) is 8.90. The van der Waals surface area contributed by atoms with Crippen LogP contribution in [0, 0.1) is 12.3 Å². The van der Waals surface area contributed by atoms with E-state index in [9.17, 15) is 9.59 Å². The molecular weight excluding hydrogens is 236 g/mol. The van der Waals surface area contributed by atoms with Crippen LogP contribution in [0.3, 0.4) is 0 Å². The first-order valence-corrected chi connectivity index (χ1v) is 5.98. The Kier molecular flexibility index (Phi) is 3.35. The van der Waals surface area contributed by atoms with Gasteiger partial charge in [-0.2, -0.15) is 0 Å². The molecule has 1 atom stereocenters. The molecule has 1 aliphatic rings. The van der Waals surface area contributed by atoms with Crippen molar-refractivity contribution in [2.24, 2.45) is 0 Å². The highest BCUT2D eigenvalue weighted by Gasteiger charge is 2.27. The molecule has 0 saturated carbocycles. The second kappa shape index (κ2) is 4.93. The smallest absolute Gasteiger partial charge is 0.279 e. The van der Waals surface area contributed by atoms with E-state index in [-0.39, 0.29) is 11.1 Å². The number of hydrogen-bond donors (Lipinski definition) is 2. The number of anilines is 1. The van der Waals surface area contributed by atoms with E-state index in [4.69, 9.17) is 6.42 Å². The molecule has 2 rings (SSSR count). The van der Waals surface area contributed by atoms with E-state index in [1.807, 2.05) is 0 Å². The van der Waals surface area contributed by atoms with Crippen LogP contribution in [0.1, 0.15) is 5.56 Å². The fourth-order valence-electron chi connectivity index (χ4n) is 1.44. The summed E-state index contributed by atoms with van der Waals surface area (Å²) in [6.07, 6.45) is 5.27. The number of nitrogens with one attached hydrogen (secondary N) is 2. The van der Waals surface area contributed by atoms with Crippen LogP contribution < -0.4 is 10.6 Å². The first-order chi connectivity index (χ1) is 8.19. The number of thioether (sulfide) groups is 1. The summed E-state index contributed by atoms with van der Waals surface area (Å²) in [5.74, 6) is 2.73. The molecule has 1 aromatic rings. The minimum atomic E-state index is -0.470. The van der Waals surface area contributed by atoms with Crippen LogP contribution in [-0.2, 0) is 4.79 Å². The summed E-state index contributed by atoms with van der Waals surface area (Å²) in [4.78, 5) is 22.7. The molecule has 1 unspecified atom stereocenters. The largest absolute Gasteiger partial charge is 0.334 e. The molecule has 0 radical (unpaired) electrons. The number of rotatable bonds is 2. The van der Waals surface area contributed by atoms with Crippen LogP contribution >= 0.6 is 11.8 Å². The molecule has 1 saturated heterocycles. The van der Waals surface area contributed by atoms with Gasteiger partial charge in [0, 0.05) is 17.0 Å². The topological polar surface area (TPSA) is 58.2 Å². The average molecular weight is 246 g/mol. The van der Waals surface area contributed by atoms with Crippen molar-refractivity contribution in [2.75, 3.05) is 11.1 Å². The number of carbonyl (C=O) groups excluding carboxylic acids is 2. The summed E-state index contributed by atoms with van der Waals surface area (Å²) in [5.41, 5.74) is 1.34. The standard InChI is InChI=1S/C12H10N2O2S/c1-2-8-4-3-5-9(6-8)13-11(15)10-7-17-12(16)14-10/h1,3-6,10H,7H2,(H,13,15)(H,14,16). The maximum Gasteiger partial charge on any atom is 0.279 e. The first kappa shape index (κ1) is 11.6. The summed E-state index contributed by atoms with van der Waals surface area (Å²) in [6.45, 7) is 0. The van der Waals surface area contributed by atoms with Gasteiger partial charge in [-0.3, -0.25) is 9.59 Å². The molecule has 1 fully saturated rings. The van der Waals surface area contributed by atoms with Crippen LogP contribution in [0.2, 0.25) is 0 Å². The Balaban J connectivity index is 2.03. The Morgan fingerprint density at radius 1 is 1.59 bits per heavy atom. The van der Waals surface area contributed by atoms with E-state index < -0.39 is 6.04 Å². The van der Waals surface area contributed by atoms with Crippen molar-refractivity contribution in [3.05, 3.63) is 29.8 Å². The van der Waals surface area contributed by atoms with Gasteiger partial charge in [-0.05, 0) is 18.2 Å². The lowest BCUT2D eigenvalue weighted by Crippen LogP contribution is -2.38. The maximum atomic E-state index is 11.8. The van der Waals surface area contributed by atoms with Crippen molar-refractivity contribution in [1.29, 1.82) is 0 Å². The average Bonchev–Trinajstić information content (AvgIpc) is 2.76. The summed E-state index contributed by atoms with van der Waals surface area (Å²) in [6, 6.07) is 6.54. The second-order valence-electron chi connectivity index (χ2n) is 3.51. The molecule has 0 aliphatic carbocycles. The third kappa shape index (κ3) is 2.80. The van der Waals surface area contributed by atoms with Gasteiger partial charge in [-0.25, -0.2) is 0 Å². The summed E-state index contributed by atoms with van der Waals surface area (Å²) in [5, 5.41) is 5.13. The Morgan fingerprint density at radius 2 is 2.41 bits per heavy atom. The summed E-state index contributed by atoms with van der Waals surface area (Å²) >= 11 is 1.11. The van der Waals surface area contributed by atoms with E-state index in [1.54, 1.807) is 24.3 Å². The Labute approximate surface area is 103 Å². The lowest BCUT2D eigenvalue weighted by atomic mass is 10.2. The lowest BCUT2D eigenvalue weighted by Gasteiger charge is -2.10. The lowest BCUT2D eigenvalue weighted by molar-refractivity contribution is -0.117. The van der Waals surface area contributed by atoms with E-state index in [0.717, 1.165) is 11.8 Å². The number of terminal acetylenes is 1. The molecule has 0 aromatic heterocycles. The van der Waals surface area contributed by atoms with E-state index >= 15 is 0 Å². The predicted molar refractivity (Wildman–Crippen MR) is 67.8 cm³/mol. The number of amides is 2. The third-order valence-electron chi connectivity index (χ3n) is 2.29. The molecule has 0 bridgehead atoms. The molecule has 1 aliphatic heterocycles. The molecule has 86 valence electrons. The van der Waals surface area contributed by atoms with Gasteiger partial charge in [0.25, 0.3) is 5.24 Å². The zero-order valence-corrected chi connectivity index (χ0v) is 9.71. The van der Waals surface area contributed by atoms with Gasteiger partial charge in [0.05, 0.1) is 0 Å². The quantitative estimate of drug-likeness (QED) is 0.776. The molecular formula is C12H10N2O2S. The van der Waals surface area contributed by atoms with E-state index in [2.05, 4.69) is 16.6 Å². The fraction of sp³-hybridized carbons (Fsp3) is 0.167. The minimum Gasteiger partial charge on any atom is -0.334 e. The normalized spacial score (nSPS) is 18.3.